The second kappa shape index (κ2) is 6.97. The fourth-order valence-corrected chi connectivity index (χ4v) is 1.09. The van der Waals surface area contributed by atoms with Gasteiger partial charge in [-0.05, 0) is 12.1 Å². The summed E-state index contributed by atoms with van der Waals surface area (Å²) in [7, 11) is 0. The predicted octanol–water partition coefficient (Wildman–Crippen LogP) is 2.08. The smallest absolute Gasteiger partial charge is 0.411 e. The van der Waals surface area contributed by atoms with Crippen LogP contribution in [0.2, 0.25) is 0 Å². The van der Waals surface area contributed by atoms with Crippen molar-refractivity contribution in [3.8, 4) is 17.6 Å². The lowest BCUT2D eigenvalue weighted by atomic mass is 10.2. The molecule has 1 aromatic carbocycles. The highest BCUT2D eigenvalue weighted by Crippen LogP contribution is 2.17. The number of alkyl halides is 3. The molecule has 0 atom stereocenters. The van der Waals surface area contributed by atoms with Gasteiger partial charge in [-0.15, -0.1) is 0 Å². The van der Waals surface area contributed by atoms with E-state index in [1.165, 1.54) is 12.1 Å². The topological polar surface area (TPSA) is 38.7 Å². The van der Waals surface area contributed by atoms with E-state index in [4.69, 9.17) is 9.84 Å². The second-order valence-electron chi connectivity index (χ2n) is 3.33. The average Bonchev–Trinajstić information content (AvgIpc) is 2.32. The van der Waals surface area contributed by atoms with Gasteiger partial charge < -0.3 is 14.6 Å². The minimum absolute atomic E-state index is 0.0224. The molecule has 0 aliphatic rings. The van der Waals surface area contributed by atoms with Gasteiger partial charge in [0.2, 0.25) is 0 Å². The van der Waals surface area contributed by atoms with E-state index in [-0.39, 0.29) is 11.3 Å². The van der Waals surface area contributed by atoms with E-state index in [2.05, 4.69) is 16.6 Å². The number of rotatable bonds is 4. The maximum Gasteiger partial charge on any atom is 0.411 e. The fourth-order valence-electron chi connectivity index (χ4n) is 1.09. The summed E-state index contributed by atoms with van der Waals surface area (Å²) in [5.41, 5.74) is 0.0533. The third kappa shape index (κ3) is 6.08. The summed E-state index contributed by atoms with van der Waals surface area (Å²) >= 11 is 0. The zero-order valence-electron chi connectivity index (χ0n) is 9.63. The summed E-state index contributed by atoms with van der Waals surface area (Å²) in [5, 5.41) is 8.45. The first-order valence-corrected chi connectivity index (χ1v) is 5.09. The van der Waals surface area contributed by atoms with E-state index in [9.17, 15) is 17.6 Å². The minimum Gasteiger partial charge on any atom is -0.467 e. The summed E-state index contributed by atoms with van der Waals surface area (Å²) < 4.78 is 57.6. The monoisotopic (exact) mass is 278 g/mol. The lowest BCUT2D eigenvalue weighted by molar-refractivity contribution is -0.186. The van der Waals surface area contributed by atoms with Crippen molar-refractivity contribution in [1.82, 2.24) is 0 Å². The van der Waals surface area contributed by atoms with Gasteiger partial charge in [-0.1, -0.05) is 11.8 Å². The quantitative estimate of drug-likeness (QED) is 0.397. The molecule has 1 N–H and O–H groups in total. The second-order valence-corrected chi connectivity index (χ2v) is 3.33. The van der Waals surface area contributed by atoms with Crippen molar-refractivity contribution in [2.75, 3.05) is 20.0 Å². The highest BCUT2D eigenvalue weighted by atomic mass is 19.4. The Kier molecular flexibility index (Phi) is 5.60. The summed E-state index contributed by atoms with van der Waals surface area (Å²) in [6, 6.07) is 3.59. The Labute approximate surface area is 106 Å². The molecular weight excluding hydrogens is 268 g/mol. The molecule has 19 heavy (non-hydrogen) atoms. The lowest BCUT2D eigenvalue weighted by Crippen LogP contribution is -2.19. The van der Waals surface area contributed by atoms with Crippen LogP contribution in [-0.4, -0.2) is 31.3 Å². The van der Waals surface area contributed by atoms with Crippen molar-refractivity contribution in [2.24, 2.45) is 0 Å². The Bertz CT molecular complexity index is 474. The van der Waals surface area contributed by atoms with Crippen LogP contribution in [0.3, 0.4) is 0 Å². The maximum atomic E-state index is 13.4. The van der Waals surface area contributed by atoms with Crippen molar-refractivity contribution < 1.29 is 32.1 Å². The summed E-state index contributed by atoms with van der Waals surface area (Å²) in [6.45, 7) is -2.47. The van der Waals surface area contributed by atoms with Gasteiger partial charge in [0.25, 0.3) is 0 Å². The molecule has 1 aromatic rings. The van der Waals surface area contributed by atoms with Crippen LogP contribution in [0.1, 0.15) is 5.56 Å². The number of aliphatic hydroxyl groups is 1. The van der Waals surface area contributed by atoms with Crippen molar-refractivity contribution in [3.05, 3.63) is 29.6 Å². The first kappa shape index (κ1) is 15.3. The number of halogens is 4. The SMILES string of the molecule is OCC#Cc1ccc(OCOCC(F)(F)F)cc1F. The van der Waals surface area contributed by atoms with Crippen LogP contribution in [0.25, 0.3) is 0 Å². The van der Waals surface area contributed by atoms with Gasteiger partial charge in [-0.2, -0.15) is 13.2 Å². The van der Waals surface area contributed by atoms with Crippen LogP contribution in [0.15, 0.2) is 18.2 Å². The molecular formula is C12H10F4O3. The fraction of sp³-hybridized carbons (Fsp3) is 0.333. The lowest BCUT2D eigenvalue weighted by Gasteiger charge is -2.09. The predicted molar refractivity (Wildman–Crippen MR) is 57.9 cm³/mol. The standard InChI is InChI=1S/C12H10F4O3/c13-11-6-10(4-3-9(11)2-1-5-17)19-8-18-7-12(14,15)16/h3-4,6,17H,5,7-8H2. The van der Waals surface area contributed by atoms with E-state index in [0.717, 1.165) is 6.07 Å². The summed E-state index contributed by atoms with van der Waals surface area (Å²) in [6.07, 6.45) is -4.43. The molecule has 3 nitrogen and oxygen atoms in total. The molecule has 0 saturated carbocycles. The highest BCUT2D eigenvalue weighted by molar-refractivity contribution is 5.39. The van der Waals surface area contributed by atoms with E-state index in [1.54, 1.807) is 0 Å². The van der Waals surface area contributed by atoms with Crippen LogP contribution in [0.4, 0.5) is 17.6 Å². The van der Waals surface area contributed by atoms with Gasteiger partial charge in [0, 0.05) is 6.07 Å². The number of benzene rings is 1. The van der Waals surface area contributed by atoms with E-state index in [1.807, 2.05) is 0 Å². The first-order chi connectivity index (χ1) is 8.92. The van der Waals surface area contributed by atoms with Gasteiger partial charge in [0.15, 0.2) is 6.79 Å². The third-order valence-electron chi connectivity index (χ3n) is 1.82. The number of hydrogen-bond acceptors (Lipinski definition) is 3. The number of ether oxygens (including phenoxy) is 2. The molecule has 0 aromatic heterocycles. The van der Waals surface area contributed by atoms with Gasteiger partial charge in [-0.25, -0.2) is 4.39 Å². The molecule has 0 amide bonds. The Hall–Kier alpha value is -1.78. The molecule has 1 rings (SSSR count). The molecule has 0 bridgehead atoms. The van der Waals surface area contributed by atoms with Crippen molar-refractivity contribution in [2.45, 2.75) is 6.18 Å². The van der Waals surface area contributed by atoms with Gasteiger partial charge in [0.1, 0.15) is 24.8 Å². The molecule has 7 heteroatoms. The minimum atomic E-state index is -4.43. The molecule has 0 spiro atoms. The third-order valence-corrected chi connectivity index (χ3v) is 1.82. The summed E-state index contributed by atoms with van der Waals surface area (Å²) in [4.78, 5) is 0. The average molecular weight is 278 g/mol. The molecule has 0 saturated heterocycles. The zero-order chi connectivity index (χ0) is 14.3. The van der Waals surface area contributed by atoms with E-state index >= 15 is 0 Å². The van der Waals surface area contributed by atoms with Gasteiger partial charge >= 0.3 is 6.18 Å². The number of hydrogen-bond donors (Lipinski definition) is 1. The Morgan fingerprint density at radius 3 is 2.58 bits per heavy atom. The van der Waals surface area contributed by atoms with Crippen LogP contribution in [0, 0.1) is 17.7 Å². The Balaban J connectivity index is 2.50. The molecule has 0 aliphatic heterocycles. The first-order valence-electron chi connectivity index (χ1n) is 5.09. The molecule has 0 fully saturated rings. The zero-order valence-corrected chi connectivity index (χ0v) is 9.63. The normalized spacial score (nSPS) is 10.8. The molecule has 0 unspecified atom stereocenters. The van der Waals surface area contributed by atoms with E-state index < -0.39 is 32.0 Å². The maximum absolute atomic E-state index is 13.4. The van der Waals surface area contributed by atoms with Crippen molar-refractivity contribution in [1.29, 1.82) is 0 Å². The molecule has 0 heterocycles. The Morgan fingerprint density at radius 2 is 2.00 bits per heavy atom. The summed E-state index contributed by atoms with van der Waals surface area (Å²) in [5.74, 6) is 3.96. The molecule has 0 aliphatic carbocycles. The van der Waals surface area contributed by atoms with E-state index in [0.29, 0.717) is 0 Å². The highest BCUT2D eigenvalue weighted by Gasteiger charge is 2.27. The van der Waals surface area contributed by atoms with Crippen LogP contribution in [-0.2, 0) is 4.74 Å². The van der Waals surface area contributed by atoms with Crippen molar-refractivity contribution >= 4 is 0 Å². The molecule has 104 valence electrons. The van der Waals surface area contributed by atoms with Crippen LogP contribution in [0.5, 0.6) is 5.75 Å². The molecule has 0 radical (unpaired) electrons. The van der Waals surface area contributed by atoms with Gasteiger partial charge in [0.05, 0.1) is 5.56 Å². The van der Waals surface area contributed by atoms with Crippen LogP contribution >= 0.6 is 0 Å². The Morgan fingerprint density at radius 1 is 1.26 bits per heavy atom. The van der Waals surface area contributed by atoms with Gasteiger partial charge in [-0.3, -0.25) is 0 Å². The van der Waals surface area contributed by atoms with Crippen molar-refractivity contribution in [3.63, 3.8) is 0 Å². The largest absolute Gasteiger partial charge is 0.467 e. The van der Waals surface area contributed by atoms with Crippen LogP contribution < -0.4 is 4.74 Å². The number of aliphatic hydroxyl groups excluding tert-OH is 1.